The third-order valence-corrected chi connectivity index (χ3v) is 3.51. The molecule has 82 valence electrons. The molecule has 0 spiro atoms. The first-order chi connectivity index (χ1) is 6.02. The molecule has 1 nitrogen and oxygen atoms in total. The van der Waals surface area contributed by atoms with E-state index in [-0.39, 0.29) is 10.8 Å². The van der Waals surface area contributed by atoms with Gasteiger partial charge in [0, 0.05) is 6.42 Å². The van der Waals surface area contributed by atoms with Crippen molar-refractivity contribution in [3.63, 3.8) is 0 Å². The molecule has 0 amide bonds. The summed E-state index contributed by atoms with van der Waals surface area (Å²) in [5.41, 5.74) is 0.693. The van der Waals surface area contributed by atoms with E-state index in [1.165, 1.54) is 0 Å². The van der Waals surface area contributed by atoms with Crippen LogP contribution in [0.3, 0.4) is 0 Å². The van der Waals surface area contributed by atoms with Crippen LogP contribution in [0.1, 0.15) is 61.3 Å². The van der Waals surface area contributed by atoms with E-state index >= 15 is 0 Å². The lowest BCUT2D eigenvalue weighted by atomic mass is 9.62. The number of nitrogens with zero attached hydrogens (tertiary/aromatic N) is 1. The fourth-order valence-electron chi connectivity index (χ4n) is 1.74. The van der Waals surface area contributed by atoms with E-state index < -0.39 is 0 Å². The normalized spacial score (nSPS) is 13.9. The average Bonchev–Trinajstić information content (AvgIpc) is 1.80. The summed E-state index contributed by atoms with van der Waals surface area (Å²) < 4.78 is 0. The Morgan fingerprint density at radius 3 is 1.64 bits per heavy atom. The second-order valence-corrected chi connectivity index (χ2v) is 6.81. The van der Waals surface area contributed by atoms with Gasteiger partial charge < -0.3 is 0 Å². The smallest absolute Gasteiger partial charge is 0.0627 e. The van der Waals surface area contributed by atoms with Gasteiger partial charge in [0.1, 0.15) is 0 Å². The zero-order chi connectivity index (χ0) is 11.6. The Kier molecular flexibility index (Phi) is 3.78. The Morgan fingerprint density at radius 1 is 0.929 bits per heavy atom. The van der Waals surface area contributed by atoms with Crippen LogP contribution in [-0.2, 0) is 0 Å². The largest absolute Gasteiger partial charge is 0.198 e. The molecule has 0 saturated heterocycles. The van der Waals surface area contributed by atoms with Crippen molar-refractivity contribution in [2.24, 2.45) is 16.2 Å². The monoisotopic (exact) mass is 195 g/mol. The predicted octanol–water partition coefficient (Wildman–Crippen LogP) is 4.39. The molecule has 0 rings (SSSR count). The van der Waals surface area contributed by atoms with E-state index in [4.69, 9.17) is 5.26 Å². The zero-order valence-corrected chi connectivity index (χ0v) is 10.9. The lowest BCUT2D eigenvalue weighted by molar-refractivity contribution is 0.0690. The molecule has 0 radical (unpaired) electrons. The van der Waals surface area contributed by atoms with Gasteiger partial charge in [-0.2, -0.15) is 5.26 Å². The van der Waals surface area contributed by atoms with Crippen molar-refractivity contribution in [3.8, 4) is 6.07 Å². The Bertz CT molecular complexity index is 223. The molecular weight excluding hydrogens is 170 g/mol. The summed E-state index contributed by atoms with van der Waals surface area (Å²) in [6, 6.07) is 2.28. The molecular formula is C13H25N. The van der Waals surface area contributed by atoms with Gasteiger partial charge in [0.2, 0.25) is 0 Å². The Balaban J connectivity index is 4.60. The van der Waals surface area contributed by atoms with E-state index in [1.54, 1.807) is 0 Å². The highest BCUT2D eigenvalue weighted by atomic mass is 14.4. The number of hydrogen-bond donors (Lipinski definition) is 0. The van der Waals surface area contributed by atoms with Crippen molar-refractivity contribution in [2.45, 2.75) is 61.3 Å². The molecule has 0 bridgehead atoms. The van der Waals surface area contributed by atoms with E-state index in [2.05, 4.69) is 54.5 Å². The predicted molar refractivity (Wildman–Crippen MR) is 61.9 cm³/mol. The molecule has 0 N–H and O–H groups in total. The second kappa shape index (κ2) is 3.93. The van der Waals surface area contributed by atoms with Crippen molar-refractivity contribution in [1.29, 1.82) is 5.26 Å². The summed E-state index contributed by atoms with van der Waals surface area (Å²) in [5, 5.41) is 8.75. The quantitative estimate of drug-likeness (QED) is 0.655. The number of hydrogen-bond acceptors (Lipinski definition) is 1. The van der Waals surface area contributed by atoms with E-state index in [9.17, 15) is 0 Å². The second-order valence-electron chi connectivity index (χ2n) is 6.81. The molecule has 0 saturated carbocycles. The van der Waals surface area contributed by atoms with E-state index in [0.717, 1.165) is 6.42 Å². The van der Waals surface area contributed by atoms with Crippen LogP contribution in [-0.4, -0.2) is 0 Å². The summed E-state index contributed by atoms with van der Waals surface area (Å²) in [6.07, 6.45) is 1.74. The minimum absolute atomic E-state index is 0.130. The van der Waals surface area contributed by atoms with Crippen molar-refractivity contribution in [3.05, 3.63) is 0 Å². The van der Waals surface area contributed by atoms with Gasteiger partial charge in [0.15, 0.2) is 0 Å². The summed E-state index contributed by atoms with van der Waals surface area (Å²) in [5.74, 6) is 0. The standard InChI is InChI=1S/C13H25N/c1-11(2,3)13(6,7)10-12(4,5)8-9-14/h8,10H2,1-7H3. The van der Waals surface area contributed by atoms with Crippen LogP contribution in [0.15, 0.2) is 0 Å². The summed E-state index contributed by atoms with van der Waals surface area (Å²) in [4.78, 5) is 0. The summed E-state index contributed by atoms with van der Waals surface area (Å²) in [7, 11) is 0. The molecule has 0 heterocycles. The first kappa shape index (κ1) is 13.5. The molecule has 1 heteroatoms. The van der Waals surface area contributed by atoms with Gasteiger partial charge in [-0.15, -0.1) is 0 Å². The third kappa shape index (κ3) is 3.70. The molecule has 0 aromatic carbocycles. The van der Waals surface area contributed by atoms with Crippen LogP contribution in [0.4, 0.5) is 0 Å². The van der Waals surface area contributed by atoms with Crippen molar-refractivity contribution < 1.29 is 0 Å². The first-order valence-corrected chi connectivity index (χ1v) is 5.39. The number of nitriles is 1. The fourth-order valence-corrected chi connectivity index (χ4v) is 1.74. The van der Waals surface area contributed by atoms with Gasteiger partial charge in [-0.25, -0.2) is 0 Å². The van der Waals surface area contributed by atoms with Gasteiger partial charge in [-0.05, 0) is 22.7 Å². The van der Waals surface area contributed by atoms with Gasteiger partial charge in [0.25, 0.3) is 0 Å². The fraction of sp³-hybridized carbons (Fsp3) is 0.923. The molecule has 0 aliphatic carbocycles. The SMILES string of the molecule is CC(C)(CC#N)CC(C)(C)C(C)(C)C. The number of rotatable bonds is 3. The van der Waals surface area contributed by atoms with Gasteiger partial charge in [-0.3, -0.25) is 0 Å². The maximum Gasteiger partial charge on any atom is 0.0627 e. The topological polar surface area (TPSA) is 23.8 Å². The van der Waals surface area contributed by atoms with Gasteiger partial charge in [0.05, 0.1) is 6.07 Å². The molecule has 0 aliphatic rings. The van der Waals surface area contributed by atoms with Crippen LogP contribution >= 0.6 is 0 Å². The molecule has 0 aliphatic heterocycles. The highest BCUT2D eigenvalue weighted by molar-refractivity contribution is 4.91. The Hall–Kier alpha value is -0.510. The van der Waals surface area contributed by atoms with Crippen LogP contribution in [0, 0.1) is 27.6 Å². The summed E-state index contributed by atoms with van der Waals surface area (Å²) in [6.45, 7) is 15.8. The molecule has 0 aromatic rings. The lowest BCUT2D eigenvalue weighted by Crippen LogP contribution is -2.34. The van der Waals surface area contributed by atoms with Gasteiger partial charge in [-0.1, -0.05) is 48.5 Å². The van der Waals surface area contributed by atoms with Crippen molar-refractivity contribution in [2.75, 3.05) is 0 Å². The Morgan fingerprint density at radius 2 is 1.36 bits per heavy atom. The minimum atomic E-state index is 0.130. The molecule has 0 aromatic heterocycles. The molecule has 0 unspecified atom stereocenters. The maximum atomic E-state index is 8.75. The summed E-state index contributed by atoms with van der Waals surface area (Å²) >= 11 is 0. The zero-order valence-electron chi connectivity index (χ0n) is 10.9. The molecule has 0 atom stereocenters. The maximum absolute atomic E-state index is 8.75. The van der Waals surface area contributed by atoms with Gasteiger partial charge >= 0.3 is 0 Å². The highest BCUT2D eigenvalue weighted by Crippen LogP contribution is 2.46. The van der Waals surface area contributed by atoms with Crippen LogP contribution in [0.5, 0.6) is 0 Å². The van der Waals surface area contributed by atoms with Crippen LogP contribution < -0.4 is 0 Å². The highest BCUT2D eigenvalue weighted by Gasteiger charge is 2.37. The van der Waals surface area contributed by atoms with E-state index in [1.807, 2.05) is 0 Å². The van der Waals surface area contributed by atoms with Crippen molar-refractivity contribution in [1.82, 2.24) is 0 Å². The van der Waals surface area contributed by atoms with Crippen molar-refractivity contribution >= 4 is 0 Å². The van der Waals surface area contributed by atoms with Crippen LogP contribution in [0.2, 0.25) is 0 Å². The van der Waals surface area contributed by atoms with Crippen LogP contribution in [0.25, 0.3) is 0 Å². The third-order valence-electron chi connectivity index (χ3n) is 3.51. The minimum Gasteiger partial charge on any atom is -0.198 e. The average molecular weight is 195 g/mol. The first-order valence-electron chi connectivity index (χ1n) is 5.39. The molecule has 0 fully saturated rings. The Labute approximate surface area is 89.5 Å². The molecule has 14 heavy (non-hydrogen) atoms. The lowest BCUT2D eigenvalue weighted by Gasteiger charge is -2.43. The van der Waals surface area contributed by atoms with E-state index in [0.29, 0.717) is 11.8 Å².